The molecule has 47 heavy (non-hydrogen) atoms. The molecule has 2 saturated heterocycles. The lowest BCUT2D eigenvalue weighted by atomic mass is 9.84. The van der Waals surface area contributed by atoms with Crippen LogP contribution < -0.4 is 10.6 Å². The monoisotopic (exact) mass is 649 g/mol. The largest absolute Gasteiger partial charge is 0.342 e. The smallest absolute Gasteiger partial charge is 0.249 e. The highest BCUT2D eigenvalue weighted by Crippen LogP contribution is 2.28. The van der Waals surface area contributed by atoms with Gasteiger partial charge in [0.1, 0.15) is 12.1 Å². The van der Waals surface area contributed by atoms with Gasteiger partial charge in [0.05, 0.1) is 12.1 Å². The number of carbonyl (C=O) groups is 4. The highest BCUT2D eigenvalue weighted by atomic mass is 16.2. The predicted octanol–water partition coefficient (Wildman–Crippen LogP) is 5.33. The lowest BCUT2D eigenvalue weighted by Gasteiger charge is -2.41. The minimum Gasteiger partial charge on any atom is -0.342 e. The summed E-state index contributed by atoms with van der Waals surface area (Å²) in [7, 11) is 1.76. The van der Waals surface area contributed by atoms with Gasteiger partial charge >= 0.3 is 0 Å². The molecule has 0 spiro atoms. The maximum atomic E-state index is 14.2. The Morgan fingerprint density at radius 3 is 2.23 bits per heavy atom. The summed E-state index contributed by atoms with van der Waals surface area (Å²) in [5.41, 5.74) is 3.40. The summed E-state index contributed by atoms with van der Waals surface area (Å²) in [5, 5.41) is 6.21. The molecule has 0 aromatic heterocycles. The maximum Gasteiger partial charge on any atom is 0.249 e. The van der Waals surface area contributed by atoms with E-state index in [0.29, 0.717) is 18.5 Å². The van der Waals surface area contributed by atoms with E-state index < -0.39 is 17.5 Å². The number of anilines is 1. The van der Waals surface area contributed by atoms with E-state index in [1.807, 2.05) is 46.8 Å². The van der Waals surface area contributed by atoms with E-state index in [4.69, 9.17) is 0 Å². The number of aryl methyl sites for hydroxylation is 2. The third-order valence-electron chi connectivity index (χ3n) is 10.3. The number of nitrogens with one attached hydrogen (secondary N) is 2. The lowest BCUT2D eigenvalue weighted by molar-refractivity contribution is -0.142. The minimum absolute atomic E-state index is 0.00952. The number of amides is 4. The van der Waals surface area contributed by atoms with Gasteiger partial charge in [0.25, 0.3) is 0 Å². The van der Waals surface area contributed by atoms with Crippen LogP contribution in [-0.2, 0) is 32.0 Å². The molecule has 0 saturated carbocycles. The van der Waals surface area contributed by atoms with Crippen LogP contribution in [0.25, 0.3) is 0 Å². The van der Waals surface area contributed by atoms with Crippen molar-refractivity contribution in [2.75, 3.05) is 25.5 Å². The lowest BCUT2D eigenvalue weighted by Crippen LogP contribution is -2.60. The number of nitrogens with zero attached hydrogens (tertiary/aromatic N) is 3. The number of rotatable bonds is 10. The van der Waals surface area contributed by atoms with Crippen LogP contribution in [0.15, 0.2) is 29.8 Å². The maximum absolute atomic E-state index is 14.2. The van der Waals surface area contributed by atoms with Crippen molar-refractivity contribution in [2.45, 2.75) is 137 Å². The van der Waals surface area contributed by atoms with Crippen molar-refractivity contribution in [1.29, 1.82) is 0 Å². The van der Waals surface area contributed by atoms with Crippen LogP contribution in [-0.4, -0.2) is 88.7 Å². The molecule has 1 aromatic carbocycles. The van der Waals surface area contributed by atoms with Crippen molar-refractivity contribution in [2.24, 2.45) is 11.3 Å². The average molecular weight is 650 g/mol. The molecule has 1 aromatic rings. The summed E-state index contributed by atoms with van der Waals surface area (Å²) >= 11 is 0. The van der Waals surface area contributed by atoms with E-state index in [2.05, 4.69) is 41.5 Å². The second-order valence-corrected chi connectivity index (χ2v) is 15.7. The first-order valence-electron chi connectivity index (χ1n) is 17.8. The minimum atomic E-state index is -0.729. The van der Waals surface area contributed by atoms with E-state index in [-0.39, 0.29) is 47.7 Å². The Hall–Kier alpha value is -3.20. The van der Waals surface area contributed by atoms with Gasteiger partial charge in [0.15, 0.2) is 0 Å². The topological polar surface area (TPSA) is 102 Å². The molecule has 2 fully saturated rings. The summed E-state index contributed by atoms with van der Waals surface area (Å²) in [6.07, 6.45) is 9.35. The van der Waals surface area contributed by atoms with Crippen LogP contribution >= 0.6 is 0 Å². The fraction of sp³-hybridized carbons (Fsp3) is 0.684. The Morgan fingerprint density at radius 2 is 1.57 bits per heavy atom. The van der Waals surface area contributed by atoms with E-state index >= 15 is 0 Å². The van der Waals surface area contributed by atoms with Crippen LogP contribution in [0.4, 0.5) is 5.69 Å². The van der Waals surface area contributed by atoms with Gasteiger partial charge in [0, 0.05) is 30.9 Å². The predicted molar refractivity (Wildman–Crippen MR) is 188 cm³/mol. The zero-order chi connectivity index (χ0) is 34.6. The molecular formula is C38H59N5O4. The average Bonchev–Trinajstić information content (AvgIpc) is 3.70. The molecule has 9 heteroatoms. The Morgan fingerprint density at radius 1 is 0.894 bits per heavy atom. The summed E-state index contributed by atoms with van der Waals surface area (Å²) in [6.45, 7) is 17.4. The standard InChI is InChI=1S/C38H59N5O4/c1-24(2)32(41(9)37(47)33(38(6,7)8)40-35(45)30-16-10-11-20-42(30)25(3)4)22-26(5)36(46)43-21-13-17-31(43)34(44)39-29-19-18-27-14-12-15-28(27)23-29/h18-19,22-25,30-33H,10-17,20-21H2,1-9H3,(H,39,44)(H,40,45)/t30-,31+,32-,33-/m1/s1. The first-order chi connectivity index (χ1) is 22.1. The SMILES string of the molecule is CC(=C[C@H](C(C)C)N(C)C(=O)[C@@H](NC(=O)[C@H]1CCCCN1C(C)C)C(C)(C)C)C(=O)N1CCC[C@H]1C(=O)Nc1ccc2c(c1)CCC2. The number of benzene rings is 1. The van der Waals surface area contributed by atoms with Gasteiger partial charge in [-0.2, -0.15) is 0 Å². The van der Waals surface area contributed by atoms with Crippen LogP contribution in [0.5, 0.6) is 0 Å². The molecule has 4 rings (SSSR count). The first kappa shape index (κ1) is 36.6. The Balaban J connectivity index is 1.47. The van der Waals surface area contributed by atoms with Gasteiger partial charge in [0.2, 0.25) is 23.6 Å². The van der Waals surface area contributed by atoms with Crippen molar-refractivity contribution in [3.05, 3.63) is 41.0 Å². The summed E-state index contributed by atoms with van der Waals surface area (Å²) < 4.78 is 0. The van der Waals surface area contributed by atoms with Crippen molar-refractivity contribution in [3.63, 3.8) is 0 Å². The third kappa shape index (κ3) is 8.64. The number of hydrogen-bond acceptors (Lipinski definition) is 5. The highest BCUT2D eigenvalue weighted by Gasteiger charge is 2.40. The fourth-order valence-electron chi connectivity index (χ4n) is 7.55. The van der Waals surface area contributed by atoms with Crippen LogP contribution in [0, 0.1) is 11.3 Å². The van der Waals surface area contributed by atoms with Gasteiger partial charge in [-0.05, 0) is 107 Å². The molecule has 260 valence electrons. The van der Waals surface area contributed by atoms with E-state index in [9.17, 15) is 19.2 Å². The third-order valence-corrected chi connectivity index (χ3v) is 10.3. The zero-order valence-corrected chi connectivity index (χ0v) is 30.3. The van der Waals surface area contributed by atoms with Gasteiger partial charge in [-0.15, -0.1) is 0 Å². The summed E-state index contributed by atoms with van der Waals surface area (Å²) in [5.74, 6) is -0.612. The van der Waals surface area contributed by atoms with E-state index in [1.165, 1.54) is 11.1 Å². The first-order valence-corrected chi connectivity index (χ1v) is 17.8. The van der Waals surface area contributed by atoms with Crippen molar-refractivity contribution >= 4 is 29.3 Å². The number of fused-ring (bicyclic) bond motifs is 1. The number of likely N-dealkylation sites (tertiary alicyclic amines) is 2. The molecule has 0 bridgehead atoms. The van der Waals surface area contributed by atoms with Crippen molar-refractivity contribution in [1.82, 2.24) is 20.0 Å². The number of likely N-dealkylation sites (N-methyl/N-ethyl adjacent to an activating group) is 1. The Labute approximate surface area is 282 Å². The molecule has 2 heterocycles. The van der Waals surface area contributed by atoms with Gasteiger partial charge in [-0.3, -0.25) is 24.1 Å². The molecule has 1 aliphatic carbocycles. The zero-order valence-electron chi connectivity index (χ0n) is 30.3. The van der Waals surface area contributed by atoms with Crippen LogP contribution in [0.2, 0.25) is 0 Å². The molecule has 3 aliphatic rings. The van der Waals surface area contributed by atoms with Gasteiger partial charge in [-0.25, -0.2) is 0 Å². The van der Waals surface area contributed by atoms with Gasteiger partial charge in [-0.1, -0.05) is 53.2 Å². The number of carbonyl (C=O) groups excluding carboxylic acids is 4. The Bertz CT molecular complexity index is 1350. The second-order valence-electron chi connectivity index (χ2n) is 15.7. The van der Waals surface area contributed by atoms with E-state index in [1.54, 1.807) is 23.8 Å². The molecule has 4 atom stereocenters. The normalized spacial score (nSPS) is 21.9. The van der Waals surface area contributed by atoms with Crippen molar-refractivity contribution < 1.29 is 19.2 Å². The molecule has 2 aliphatic heterocycles. The summed E-state index contributed by atoms with van der Waals surface area (Å²) in [6, 6.07) is 4.46. The van der Waals surface area contributed by atoms with Crippen LogP contribution in [0.1, 0.15) is 105 Å². The molecule has 0 unspecified atom stereocenters. The van der Waals surface area contributed by atoms with Crippen molar-refractivity contribution in [3.8, 4) is 0 Å². The summed E-state index contributed by atoms with van der Waals surface area (Å²) in [4.78, 5) is 60.6. The molecular weight excluding hydrogens is 590 g/mol. The second kappa shape index (κ2) is 15.3. The molecule has 0 radical (unpaired) electrons. The number of piperidine rings is 1. The molecule has 4 amide bonds. The quantitative estimate of drug-likeness (QED) is 0.334. The number of hydrogen-bond donors (Lipinski definition) is 2. The Kier molecular flexibility index (Phi) is 12.0. The highest BCUT2D eigenvalue weighted by molar-refractivity contribution is 6.01. The molecule has 2 N–H and O–H groups in total. The van der Waals surface area contributed by atoms with E-state index in [0.717, 1.165) is 57.2 Å². The van der Waals surface area contributed by atoms with Gasteiger partial charge < -0.3 is 20.4 Å². The fourth-order valence-corrected chi connectivity index (χ4v) is 7.55. The van der Waals surface area contributed by atoms with Crippen LogP contribution in [0.3, 0.4) is 0 Å². The molecule has 9 nitrogen and oxygen atoms in total.